The van der Waals surface area contributed by atoms with Crippen LogP contribution in [0.1, 0.15) is 0 Å². The summed E-state index contributed by atoms with van der Waals surface area (Å²) in [7, 11) is 0. The van der Waals surface area contributed by atoms with E-state index in [1.54, 1.807) is 0 Å². The number of thiophene rings is 1. The zero-order chi connectivity index (χ0) is 25.1. The number of fused-ring (bicyclic) bond motifs is 6. The van der Waals surface area contributed by atoms with Gasteiger partial charge in [0.2, 0.25) is 0 Å². The molecule has 0 atom stereocenters. The first-order valence-electron chi connectivity index (χ1n) is 12.8. The van der Waals surface area contributed by atoms with Crippen LogP contribution in [0.25, 0.3) is 70.0 Å². The third-order valence-electron chi connectivity index (χ3n) is 7.45. The third kappa shape index (κ3) is 3.29. The molecule has 3 heteroatoms. The average molecular weight is 503 g/mol. The Morgan fingerprint density at radius 3 is 2.18 bits per heavy atom. The molecule has 2 nitrogen and oxygen atoms in total. The normalized spacial score (nSPS) is 11.7. The highest BCUT2D eigenvalue weighted by Crippen LogP contribution is 2.39. The number of pyridine rings is 1. The molecule has 38 heavy (non-hydrogen) atoms. The van der Waals surface area contributed by atoms with Crippen LogP contribution in [0.2, 0.25) is 0 Å². The summed E-state index contributed by atoms with van der Waals surface area (Å²) in [5.41, 5.74) is 8.14. The summed E-state index contributed by atoms with van der Waals surface area (Å²) in [5.74, 6) is 0. The van der Waals surface area contributed by atoms with Gasteiger partial charge in [-0.25, -0.2) is 0 Å². The van der Waals surface area contributed by atoms with Gasteiger partial charge in [-0.3, -0.25) is 4.98 Å². The second-order valence-electron chi connectivity index (χ2n) is 9.66. The molecule has 8 aromatic rings. The molecular weight excluding hydrogens is 480 g/mol. The maximum absolute atomic E-state index is 4.61. The highest BCUT2D eigenvalue weighted by atomic mass is 32.1. The van der Waals surface area contributed by atoms with Crippen molar-refractivity contribution in [3.05, 3.63) is 134 Å². The van der Waals surface area contributed by atoms with Crippen molar-refractivity contribution in [2.75, 3.05) is 0 Å². The van der Waals surface area contributed by atoms with Gasteiger partial charge in [0, 0.05) is 48.4 Å². The quantitative estimate of drug-likeness (QED) is 0.235. The molecule has 0 radical (unpaired) electrons. The Kier molecular flexibility index (Phi) is 4.73. The highest BCUT2D eigenvalue weighted by Gasteiger charge is 2.16. The molecule has 8 rings (SSSR count). The summed E-state index contributed by atoms with van der Waals surface area (Å²) in [4.78, 5) is 4.61. The van der Waals surface area contributed by atoms with E-state index in [-0.39, 0.29) is 0 Å². The topological polar surface area (TPSA) is 17.8 Å². The lowest BCUT2D eigenvalue weighted by Crippen LogP contribution is -1.94. The first-order chi connectivity index (χ1) is 18.8. The molecular formula is C35H22N2S. The molecule has 0 amide bonds. The molecule has 0 unspecified atom stereocenters. The van der Waals surface area contributed by atoms with Gasteiger partial charge in [-0.1, -0.05) is 72.8 Å². The van der Waals surface area contributed by atoms with Gasteiger partial charge in [0.1, 0.15) is 0 Å². The highest BCUT2D eigenvalue weighted by molar-refractivity contribution is 7.25. The first kappa shape index (κ1) is 21.4. The molecule has 0 saturated carbocycles. The van der Waals surface area contributed by atoms with E-state index in [4.69, 9.17) is 0 Å². The van der Waals surface area contributed by atoms with E-state index in [1.165, 1.54) is 58.8 Å². The van der Waals surface area contributed by atoms with Crippen LogP contribution in [0, 0.1) is 0 Å². The van der Waals surface area contributed by atoms with Crippen molar-refractivity contribution in [3.63, 3.8) is 0 Å². The molecule has 0 aliphatic heterocycles. The monoisotopic (exact) mass is 502 g/mol. The predicted octanol–water partition coefficient (Wildman–Crippen LogP) is 9.88. The van der Waals surface area contributed by atoms with Crippen molar-refractivity contribution in [2.45, 2.75) is 0 Å². The maximum atomic E-state index is 4.61. The SMILES string of the molecule is c1ccc(-c2ccc3c4cc(-c5ccccn5)ccc4n(-c4ccc5sc6ccccc6c5c4)c3c2)cc1. The van der Waals surface area contributed by atoms with Gasteiger partial charge in [0.15, 0.2) is 0 Å². The fraction of sp³-hybridized carbons (Fsp3) is 0. The maximum Gasteiger partial charge on any atom is 0.0702 e. The van der Waals surface area contributed by atoms with Crippen LogP contribution in [0.3, 0.4) is 0 Å². The summed E-state index contributed by atoms with van der Waals surface area (Å²) in [6.07, 6.45) is 1.86. The minimum absolute atomic E-state index is 0.988. The van der Waals surface area contributed by atoms with Crippen molar-refractivity contribution < 1.29 is 0 Å². The number of benzene rings is 5. The number of nitrogens with zero attached hydrogens (tertiary/aromatic N) is 2. The summed E-state index contributed by atoms with van der Waals surface area (Å²) in [6, 6.07) is 45.9. The standard InChI is InChI=1S/C35H22N2S/c1-2-8-23(9-3-1)24-13-16-27-29-20-25(31-11-6-7-19-36-31)14-17-32(29)37(33(27)21-24)26-15-18-35-30(22-26)28-10-4-5-12-34(28)38-35/h1-22H. The van der Waals surface area contributed by atoms with E-state index in [2.05, 4.69) is 125 Å². The van der Waals surface area contributed by atoms with Crippen molar-refractivity contribution in [1.29, 1.82) is 0 Å². The Hall–Kier alpha value is -4.73. The molecule has 0 N–H and O–H groups in total. The number of aromatic nitrogens is 2. The van der Waals surface area contributed by atoms with E-state index in [0.717, 1.165) is 11.3 Å². The number of hydrogen-bond acceptors (Lipinski definition) is 2. The number of rotatable bonds is 3. The minimum atomic E-state index is 0.988. The van der Waals surface area contributed by atoms with E-state index < -0.39 is 0 Å². The zero-order valence-corrected chi connectivity index (χ0v) is 21.3. The number of hydrogen-bond donors (Lipinski definition) is 0. The van der Waals surface area contributed by atoms with E-state index in [9.17, 15) is 0 Å². The van der Waals surface area contributed by atoms with Gasteiger partial charge in [-0.2, -0.15) is 0 Å². The van der Waals surface area contributed by atoms with Crippen molar-refractivity contribution in [2.24, 2.45) is 0 Å². The minimum Gasteiger partial charge on any atom is -0.309 e. The van der Waals surface area contributed by atoms with E-state index in [0.29, 0.717) is 0 Å². The van der Waals surface area contributed by atoms with Crippen LogP contribution in [-0.2, 0) is 0 Å². The summed E-state index contributed by atoms with van der Waals surface area (Å²) in [5, 5.41) is 5.10. The van der Waals surface area contributed by atoms with Crippen LogP contribution < -0.4 is 0 Å². The van der Waals surface area contributed by atoms with Gasteiger partial charge in [-0.05, 0) is 65.7 Å². The van der Waals surface area contributed by atoms with Crippen LogP contribution in [0.15, 0.2) is 134 Å². The van der Waals surface area contributed by atoms with Crippen LogP contribution in [0.5, 0.6) is 0 Å². The van der Waals surface area contributed by atoms with Gasteiger partial charge < -0.3 is 4.57 Å². The zero-order valence-electron chi connectivity index (χ0n) is 20.5. The Bertz CT molecular complexity index is 2120. The van der Waals surface area contributed by atoms with Crippen molar-refractivity contribution in [3.8, 4) is 28.1 Å². The third-order valence-corrected chi connectivity index (χ3v) is 8.60. The predicted molar refractivity (Wildman–Crippen MR) is 162 cm³/mol. The molecule has 0 fully saturated rings. The summed E-state index contributed by atoms with van der Waals surface area (Å²) < 4.78 is 5.07. The van der Waals surface area contributed by atoms with E-state index in [1.807, 2.05) is 29.7 Å². The summed E-state index contributed by atoms with van der Waals surface area (Å²) >= 11 is 1.86. The van der Waals surface area contributed by atoms with Crippen LogP contribution in [-0.4, -0.2) is 9.55 Å². The molecule has 3 heterocycles. The molecule has 0 spiro atoms. The lowest BCUT2D eigenvalue weighted by molar-refractivity contribution is 1.19. The Morgan fingerprint density at radius 2 is 1.29 bits per heavy atom. The lowest BCUT2D eigenvalue weighted by Gasteiger charge is -2.10. The van der Waals surface area contributed by atoms with Gasteiger partial charge in [-0.15, -0.1) is 11.3 Å². The average Bonchev–Trinajstić information content (AvgIpc) is 3.52. The van der Waals surface area contributed by atoms with Gasteiger partial charge in [0.05, 0.1) is 16.7 Å². The molecule has 0 aliphatic rings. The fourth-order valence-corrected chi connectivity index (χ4v) is 6.74. The van der Waals surface area contributed by atoms with Gasteiger partial charge >= 0.3 is 0 Å². The second-order valence-corrected chi connectivity index (χ2v) is 10.7. The van der Waals surface area contributed by atoms with Crippen molar-refractivity contribution >= 4 is 53.3 Å². The molecule has 5 aromatic carbocycles. The molecule has 0 aliphatic carbocycles. The molecule has 0 bridgehead atoms. The largest absolute Gasteiger partial charge is 0.309 e. The van der Waals surface area contributed by atoms with Crippen molar-refractivity contribution in [1.82, 2.24) is 9.55 Å². The molecule has 178 valence electrons. The van der Waals surface area contributed by atoms with Crippen LogP contribution in [0.4, 0.5) is 0 Å². The second kappa shape index (κ2) is 8.41. The smallest absolute Gasteiger partial charge is 0.0702 e. The Labute approximate surface area is 224 Å². The molecule has 0 saturated heterocycles. The summed E-state index contributed by atoms with van der Waals surface area (Å²) in [6.45, 7) is 0. The lowest BCUT2D eigenvalue weighted by atomic mass is 10.0. The molecule has 3 aromatic heterocycles. The van der Waals surface area contributed by atoms with Crippen LogP contribution >= 0.6 is 11.3 Å². The Morgan fingerprint density at radius 1 is 0.474 bits per heavy atom. The van der Waals surface area contributed by atoms with Gasteiger partial charge in [0.25, 0.3) is 0 Å². The first-order valence-corrected chi connectivity index (χ1v) is 13.6. The fourth-order valence-electron chi connectivity index (χ4n) is 5.66. The van der Waals surface area contributed by atoms with E-state index >= 15 is 0 Å². The Balaban J connectivity index is 1.44.